The van der Waals surface area contributed by atoms with Crippen molar-refractivity contribution >= 4 is 28.8 Å². The van der Waals surface area contributed by atoms with Crippen LogP contribution in [-0.2, 0) is 25.1 Å². The van der Waals surface area contributed by atoms with Crippen LogP contribution in [0.3, 0.4) is 0 Å². The second kappa shape index (κ2) is 6.67. The monoisotopic (exact) mass is 346 g/mol. The van der Waals surface area contributed by atoms with Gasteiger partial charge in [-0.3, -0.25) is 9.00 Å². The van der Waals surface area contributed by atoms with E-state index < -0.39 is 46.8 Å². The molecule has 0 bridgehead atoms. The Labute approximate surface area is 134 Å². The van der Waals surface area contributed by atoms with Gasteiger partial charge in [0.1, 0.15) is 12.3 Å². The third kappa shape index (κ3) is 3.37. The molecule has 0 aliphatic carbocycles. The van der Waals surface area contributed by atoms with Crippen LogP contribution >= 0.6 is 0 Å². The second-order valence-corrected chi connectivity index (χ2v) is 7.04. The van der Waals surface area contributed by atoms with Crippen LogP contribution in [-0.4, -0.2) is 67.5 Å². The molecule has 0 aromatic carbocycles. The average Bonchev–Trinajstić information content (AvgIpc) is 2.72. The first-order valence-corrected chi connectivity index (χ1v) is 8.46. The molecule has 9 nitrogen and oxygen atoms in total. The van der Waals surface area contributed by atoms with E-state index in [1.165, 1.54) is 6.92 Å². The third-order valence-corrected chi connectivity index (χ3v) is 5.21. The number of carbonyl (C=O) groups is 3. The van der Waals surface area contributed by atoms with Gasteiger partial charge in [-0.15, -0.1) is 0 Å². The van der Waals surface area contributed by atoms with Crippen molar-refractivity contribution in [3.8, 4) is 0 Å². The van der Waals surface area contributed by atoms with Crippen molar-refractivity contribution in [2.45, 2.75) is 25.5 Å². The smallest absolute Gasteiger partial charge is 0.404 e. The van der Waals surface area contributed by atoms with E-state index in [9.17, 15) is 28.8 Å². The molecule has 4 N–H and O–H groups in total. The molecule has 2 aliphatic rings. The van der Waals surface area contributed by atoms with Gasteiger partial charge in [0, 0.05) is 16.6 Å². The maximum absolute atomic E-state index is 12.0. The fourth-order valence-electron chi connectivity index (χ4n) is 2.99. The molecule has 1 fully saturated rings. The minimum absolute atomic E-state index is 0.0256. The summed E-state index contributed by atoms with van der Waals surface area (Å²) in [6, 6.07) is -0.400. The zero-order chi connectivity index (χ0) is 17.3. The van der Waals surface area contributed by atoms with Crippen LogP contribution in [0.15, 0.2) is 11.3 Å². The van der Waals surface area contributed by atoms with Crippen LogP contribution in [0.5, 0.6) is 0 Å². The molecule has 2 amide bonds. The predicted molar refractivity (Wildman–Crippen MR) is 78.5 cm³/mol. The highest BCUT2D eigenvalue weighted by Crippen LogP contribution is 2.43. The highest BCUT2D eigenvalue weighted by atomic mass is 32.2. The number of rotatable bonds is 7. The maximum atomic E-state index is 12.0. The highest BCUT2D eigenvalue weighted by Gasteiger charge is 2.56. The molecule has 4 atom stereocenters. The second-order valence-electron chi connectivity index (χ2n) is 5.46. The first-order chi connectivity index (χ1) is 10.7. The Hall–Kier alpha value is -1.94. The zero-order valence-electron chi connectivity index (χ0n) is 12.4. The summed E-state index contributed by atoms with van der Waals surface area (Å²) in [5.74, 6) is -2.33. The third-order valence-electron chi connectivity index (χ3n) is 3.91. The Balaban J connectivity index is 2.06. The van der Waals surface area contributed by atoms with Gasteiger partial charge in [0.25, 0.3) is 0 Å². The van der Waals surface area contributed by atoms with Gasteiger partial charge in [-0.1, -0.05) is 0 Å². The number of amides is 2. The van der Waals surface area contributed by atoms with E-state index in [4.69, 9.17) is 5.73 Å². The Bertz CT molecular complexity index is 601. The normalized spacial score (nSPS) is 25.7. The predicted octanol–water partition coefficient (Wildman–Crippen LogP) is -1.22. The number of fused-ring (bicyclic) bond motifs is 1. The van der Waals surface area contributed by atoms with Gasteiger partial charge >= 0.3 is 12.1 Å². The largest absolute Gasteiger partial charge is 0.477 e. The van der Waals surface area contributed by atoms with Gasteiger partial charge in [0.2, 0.25) is 5.91 Å². The van der Waals surface area contributed by atoms with Crippen molar-refractivity contribution in [3.63, 3.8) is 0 Å². The number of nitrogens with zero attached hydrogens (tertiary/aromatic N) is 1. The van der Waals surface area contributed by atoms with E-state index >= 15 is 0 Å². The van der Waals surface area contributed by atoms with Crippen molar-refractivity contribution in [3.05, 3.63) is 11.3 Å². The van der Waals surface area contributed by atoms with Gasteiger partial charge in [-0.25, -0.2) is 9.59 Å². The van der Waals surface area contributed by atoms with E-state index in [1.54, 1.807) is 0 Å². The molecule has 0 saturated carbocycles. The summed E-state index contributed by atoms with van der Waals surface area (Å²) in [6.45, 7) is 1.36. The molecule has 1 saturated heterocycles. The fourth-order valence-corrected chi connectivity index (χ4v) is 4.05. The molecule has 0 spiro atoms. The number of aliphatic carboxylic acids is 1. The van der Waals surface area contributed by atoms with Crippen LogP contribution < -0.4 is 5.73 Å². The molecule has 0 aromatic heterocycles. The van der Waals surface area contributed by atoms with Gasteiger partial charge in [0.15, 0.2) is 0 Å². The lowest BCUT2D eigenvalue weighted by Crippen LogP contribution is -2.61. The lowest BCUT2D eigenvalue weighted by Gasteiger charge is -2.44. The number of hydrogen-bond donors (Lipinski definition) is 3. The maximum Gasteiger partial charge on any atom is 0.404 e. The van der Waals surface area contributed by atoms with E-state index in [1.807, 2.05) is 0 Å². The van der Waals surface area contributed by atoms with E-state index in [2.05, 4.69) is 4.74 Å². The SMILES string of the molecule is CC(O)C1C(=O)N2C(C(=O)O)=C(CS(=O)CCOC(N)=O)CC12. The molecule has 0 aromatic rings. The standard InChI is InChI=1S/C13H18N2O7S/c1-6(16)9-8-4-7(5-23(21)3-2-22-13(14)20)10(12(18)19)15(8)11(9)17/h6,8-9,16H,2-5H2,1H3,(H2,14,20)(H,18,19). The lowest BCUT2D eigenvalue weighted by atomic mass is 9.83. The van der Waals surface area contributed by atoms with Crippen molar-refractivity contribution in [2.24, 2.45) is 11.7 Å². The summed E-state index contributed by atoms with van der Waals surface area (Å²) < 4.78 is 16.5. The summed E-state index contributed by atoms with van der Waals surface area (Å²) in [5.41, 5.74) is 5.04. The van der Waals surface area contributed by atoms with Gasteiger partial charge < -0.3 is 25.6 Å². The molecule has 2 aliphatic heterocycles. The number of carboxylic acids is 1. The van der Waals surface area contributed by atoms with Gasteiger partial charge in [0.05, 0.1) is 23.8 Å². The van der Waals surface area contributed by atoms with Crippen LogP contribution in [0.25, 0.3) is 0 Å². The topological polar surface area (TPSA) is 147 Å². The summed E-state index contributed by atoms with van der Waals surface area (Å²) in [6.07, 6.45) is -1.57. The van der Waals surface area contributed by atoms with Crippen molar-refractivity contribution < 1.29 is 33.5 Å². The Morgan fingerprint density at radius 3 is 2.70 bits per heavy atom. The molecule has 0 radical (unpaired) electrons. The number of carboxylic acid groups (broad SMARTS) is 1. The van der Waals surface area contributed by atoms with E-state index in [-0.39, 0.29) is 30.2 Å². The molecule has 128 valence electrons. The number of primary amides is 1. The van der Waals surface area contributed by atoms with Crippen LogP contribution in [0.1, 0.15) is 13.3 Å². The Kier molecular flexibility index (Phi) is 5.05. The summed E-state index contributed by atoms with van der Waals surface area (Å²) in [5, 5.41) is 18.9. The molecular weight excluding hydrogens is 328 g/mol. The molecule has 4 unspecified atom stereocenters. The molecule has 2 rings (SSSR count). The summed E-state index contributed by atoms with van der Waals surface area (Å²) in [7, 11) is -1.45. The van der Waals surface area contributed by atoms with E-state index in [0.29, 0.717) is 5.57 Å². The van der Waals surface area contributed by atoms with Crippen molar-refractivity contribution in [1.82, 2.24) is 4.90 Å². The van der Waals surface area contributed by atoms with Gasteiger partial charge in [-0.2, -0.15) is 0 Å². The minimum Gasteiger partial charge on any atom is -0.477 e. The number of aliphatic hydroxyl groups excluding tert-OH is 1. The van der Waals surface area contributed by atoms with Gasteiger partial charge in [-0.05, 0) is 18.9 Å². The quantitative estimate of drug-likeness (QED) is 0.489. The number of carbonyl (C=O) groups excluding carboxylic acids is 2. The van der Waals surface area contributed by atoms with Crippen molar-refractivity contribution in [2.75, 3.05) is 18.1 Å². The zero-order valence-corrected chi connectivity index (χ0v) is 13.2. The van der Waals surface area contributed by atoms with Crippen molar-refractivity contribution in [1.29, 1.82) is 0 Å². The summed E-state index contributed by atoms with van der Waals surface area (Å²) >= 11 is 0. The Morgan fingerprint density at radius 1 is 1.52 bits per heavy atom. The Morgan fingerprint density at radius 2 is 2.17 bits per heavy atom. The minimum atomic E-state index is -1.45. The molecule has 23 heavy (non-hydrogen) atoms. The van der Waals surface area contributed by atoms with Crippen LogP contribution in [0.2, 0.25) is 0 Å². The first kappa shape index (κ1) is 17.4. The van der Waals surface area contributed by atoms with Crippen LogP contribution in [0.4, 0.5) is 4.79 Å². The highest BCUT2D eigenvalue weighted by molar-refractivity contribution is 7.85. The average molecular weight is 346 g/mol. The molecular formula is C13H18N2O7S. The first-order valence-electron chi connectivity index (χ1n) is 6.97. The van der Waals surface area contributed by atoms with E-state index in [0.717, 1.165) is 4.90 Å². The molecule has 2 heterocycles. The number of β-lactam (4-membered cyclic amide) rings is 1. The fraction of sp³-hybridized carbons (Fsp3) is 0.615. The number of aliphatic hydroxyl groups is 1. The number of hydrogen-bond acceptors (Lipinski definition) is 6. The molecule has 10 heteroatoms. The summed E-state index contributed by atoms with van der Waals surface area (Å²) in [4.78, 5) is 35.0. The van der Waals surface area contributed by atoms with Crippen LogP contribution in [0, 0.1) is 5.92 Å². The lowest BCUT2D eigenvalue weighted by molar-refractivity contribution is -0.161. The number of ether oxygens (including phenoxy) is 1. The number of nitrogens with two attached hydrogens (primary N) is 1.